The minimum atomic E-state index is -0.934. The van der Waals surface area contributed by atoms with Gasteiger partial charge < -0.3 is 10.1 Å². The summed E-state index contributed by atoms with van der Waals surface area (Å²) in [5, 5.41) is 3.97. The number of hydrogen-bond acceptors (Lipinski definition) is 7. The van der Waals surface area contributed by atoms with Crippen molar-refractivity contribution in [2.75, 3.05) is 11.9 Å². The zero-order valence-corrected chi connectivity index (χ0v) is 14.4. The van der Waals surface area contributed by atoms with Crippen LogP contribution in [0.3, 0.4) is 0 Å². The average molecular weight is 337 g/mol. The van der Waals surface area contributed by atoms with Gasteiger partial charge in [-0.25, -0.2) is 14.8 Å². The molecule has 3 heterocycles. The zero-order chi connectivity index (χ0) is 17.9. The highest BCUT2D eigenvalue weighted by Crippen LogP contribution is 2.26. The molecular weight excluding hydrogens is 318 g/mol. The maximum Gasteiger partial charge on any atom is 0.331 e. The van der Waals surface area contributed by atoms with Crippen LogP contribution in [0.4, 0.5) is 5.82 Å². The molecule has 0 radical (unpaired) electrons. The Balaban J connectivity index is 2.08. The second kappa shape index (κ2) is 6.80. The van der Waals surface area contributed by atoms with E-state index in [0.29, 0.717) is 23.8 Å². The maximum atomic E-state index is 12.2. The molecule has 3 aromatic rings. The fourth-order valence-corrected chi connectivity index (χ4v) is 2.36. The smallest absolute Gasteiger partial charge is 0.331 e. The summed E-state index contributed by atoms with van der Waals surface area (Å²) in [7, 11) is 0. The predicted octanol–water partition coefficient (Wildman–Crippen LogP) is 2.84. The van der Waals surface area contributed by atoms with Gasteiger partial charge in [-0.3, -0.25) is 9.97 Å². The van der Waals surface area contributed by atoms with Crippen molar-refractivity contribution in [2.24, 2.45) is 0 Å². The van der Waals surface area contributed by atoms with Crippen LogP contribution in [0.1, 0.15) is 20.8 Å². The molecule has 0 aromatic carbocycles. The monoisotopic (exact) mass is 337 g/mol. The lowest BCUT2D eigenvalue weighted by Gasteiger charge is -2.25. The topological polar surface area (TPSA) is 89.9 Å². The van der Waals surface area contributed by atoms with Crippen LogP contribution in [-0.4, -0.2) is 38.1 Å². The summed E-state index contributed by atoms with van der Waals surface area (Å²) in [6.45, 7) is 5.61. The highest BCUT2D eigenvalue weighted by atomic mass is 16.5. The van der Waals surface area contributed by atoms with E-state index in [2.05, 4.69) is 25.3 Å². The number of carbonyl (C=O) groups is 1. The molecule has 0 atom stereocenters. The van der Waals surface area contributed by atoms with Gasteiger partial charge in [0.25, 0.3) is 0 Å². The number of anilines is 1. The van der Waals surface area contributed by atoms with E-state index in [0.717, 1.165) is 10.9 Å². The number of fused-ring (bicyclic) bond motifs is 1. The molecule has 25 heavy (non-hydrogen) atoms. The van der Waals surface area contributed by atoms with Crippen molar-refractivity contribution in [3.63, 3.8) is 0 Å². The summed E-state index contributed by atoms with van der Waals surface area (Å²) in [6, 6.07) is 5.48. The lowest BCUT2D eigenvalue weighted by molar-refractivity contribution is -0.147. The van der Waals surface area contributed by atoms with Gasteiger partial charge in [-0.2, -0.15) is 0 Å². The predicted molar refractivity (Wildman–Crippen MR) is 94.9 cm³/mol. The lowest BCUT2D eigenvalue weighted by Crippen LogP contribution is -2.42. The number of esters is 1. The van der Waals surface area contributed by atoms with Crippen molar-refractivity contribution < 1.29 is 9.53 Å². The van der Waals surface area contributed by atoms with Crippen molar-refractivity contribution in [3.8, 4) is 11.4 Å². The van der Waals surface area contributed by atoms with Gasteiger partial charge in [0.15, 0.2) is 5.82 Å². The highest BCUT2D eigenvalue weighted by molar-refractivity contribution is 5.93. The Hall–Kier alpha value is -3.09. The standard InChI is InChI=1S/C18H19N5O2/c1-4-25-17(24)18(2,3)23-16-13-7-10-20-11-14(13)21-15(22-16)12-5-8-19-9-6-12/h5-11H,4H2,1-3H3,(H,21,22,23). The second-order valence-electron chi connectivity index (χ2n) is 6.00. The Kier molecular flexibility index (Phi) is 4.56. The number of rotatable bonds is 5. The normalized spacial score (nSPS) is 11.3. The Labute approximate surface area is 145 Å². The van der Waals surface area contributed by atoms with Crippen LogP contribution in [0.15, 0.2) is 43.0 Å². The number of nitrogens with zero attached hydrogens (tertiary/aromatic N) is 4. The molecule has 0 amide bonds. The first-order valence-electron chi connectivity index (χ1n) is 7.99. The van der Waals surface area contributed by atoms with E-state index in [1.807, 2.05) is 18.2 Å². The van der Waals surface area contributed by atoms with Crippen LogP contribution in [0.2, 0.25) is 0 Å². The fraction of sp³-hybridized carbons (Fsp3) is 0.278. The van der Waals surface area contributed by atoms with E-state index >= 15 is 0 Å². The van der Waals surface area contributed by atoms with Crippen LogP contribution in [0, 0.1) is 0 Å². The van der Waals surface area contributed by atoms with Crippen molar-refractivity contribution in [2.45, 2.75) is 26.3 Å². The minimum absolute atomic E-state index is 0.320. The van der Waals surface area contributed by atoms with Gasteiger partial charge in [-0.15, -0.1) is 0 Å². The van der Waals surface area contributed by atoms with Gasteiger partial charge >= 0.3 is 5.97 Å². The molecule has 0 saturated carbocycles. The fourth-order valence-electron chi connectivity index (χ4n) is 2.36. The Morgan fingerprint density at radius 1 is 1.12 bits per heavy atom. The minimum Gasteiger partial charge on any atom is -0.464 e. The quantitative estimate of drug-likeness (QED) is 0.716. The third-order valence-electron chi connectivity index (χ3n) is 3.65. The third kappa shape index (κ3) is 3.55. The Morgan fingerprint density at radius 2 is 1.84 bits per heavy atom. The van der Waals surface area contributed by atoms with Gasteiger partial charge in [-0.05, 0) is 39.0 Å². The first-order valence-corrected chi connectivity index (χ1v) is 7.99. The first kappa shape index (κ1) is 16.8. The van der Waals surface area contributed by atoms with Crippen LogP contribution >= 0.6 is 0 Å². The van der Waals surface area contributed by atoms with Gasteiger partial charge in [-0.1, -0.05) is 0 Å². The zero-order valence-electron chi connectivity index (χ0n) is 14.4. The van der Waals surface area contributed by atoms with E-state index in [1.165, 1.54) is 0 Å². The lowest BCUT2D eigenvalue weighted by atomic mass is 10.1. The van der Waals surface area contributed by atoms with E-state index in [4.69, 9.17) is 4.74 Å². The van der Waals surface area contributed by atoms with Gasteiger partial charge in [0.2, 0.25) is 0 Å². The maximum absolute atomic E-state index is 12.2. The molecule has 0 unspecified atom stereocenters. The summed E-state index contributed by atoms with van der Waals surface area (Å²) in [5.41, 5.74) is 0.583. The second-order valence-corrected chi connectivity index (χ2v) is 6.00. The molecule has 3 aromatic heterocycles. The van der Waals surface area contributed by atoms with E-state index in [9.17, 15) is 4.79 Å². The van der Waals surface area contributed by atoms with Gasteiger partial charge in [0.1, 0.15) is 11.4 Å². The summed E-state index contributed by atoms with van der Waals surface area (Å²) in [6.07, 6.45) is 6.70. The molecule has 0 spiro atoms. The molecule has 128 valence electrons. The highest BCUT2D eigenvalue weighted by Gasteiger charge is 2.30. The van der Waals surface area contributed by atoms with Gasteiger partial charge in [0, 0.05) is 29.5 Å². The van der Waals surface area contributed by atoms with Crippen molar-refractivity contribution in [1.82, 2.24) is 19.9 Å². The third-order valence-corrected chi connectivity index (χ3v) is 3.65. The average Bonchev–Trinajstić information content (AvgIpc) is 2.62. The van der Waals surface area contributed by atoms with Crippen LogP contribution in [0.5, 0.6) is 0 Å². The Morgan fingerprint density at radius 3 is 2.56 bits per heavy atom. The number of pyridine rings is 2. The summed E-state index contributed by atoms with van der Waals surface area (Å²) < 4.78 is 5.14. The van der Waals surface area contributed by atoms with E-state index < -0.39 is 5.54 Å². The van der Waals surface area contributed by atoms with E-state index in [1.54, 1.807) is 45.6 Å². The molecule has 0 aliphatic carbocycles. The number of ether oxygens (including phenoxy) is 1. The summed E-state index contributed by atoms with van der Waals surface area (Å²) in [5.74, 6) is 0.739. The summed E-state index contributed by atoms with van der Waals surface area (Å²) >= 11 is 0. The first-order chi connectivity index (χ1) is 12.0. The molecule has 0 bridgehead atoms. The SMILES string of the molecule is CCOC(=O)C(C)(C)Nc1nc(-c2ccncc2)nc2cnccc12. The largest absolute Gasteiger partial charge is 0.464 e. The molecule has 1 N–H and O–H groups in total. The van der Waals surface area contributed by atoms with Crippen molar-refractivity contribution in [1.29, 1.82) is 0 Å². The number of nitrogens with one attached hydrogen (secondary N) is 1. The molecule has 0 fully saturated rings. The van der Waals surface area contributed by atoms with Crippen molar-refractivity contribution in [3.05, 3.63) is 43.0 Å². The molecule has 7 nitrogen and oxygen atoms in total. The number of hydrogen-bond donors (Lipinski definition) is 1. The molecule has 0 saturated heterocycles. The molecule has 3 rings (SSSR count). The molecule has 7 heteroatoms. The van der Waals surface area contributed by atoms with Crippen LogP contribution in [-0.2, 0) is 9.53 Å². The molecular formula is C18H19N5O2. The number of carbonyl (C=O) groups excluding carboxylic acids is 1. The van der Waals surface area contributed by atoms with Crippen LogP contribution in [0.25, 0.3) is 22.3 Å². The number of aromatic nitrogens is 4. The Bertz CT molecular complexity index is 896. The van der Waals surface area contributed by atoms with E-state index in [-0.39, 0.29) is 5.97 Å². The molecule has 0 aliphatic rings. The van der Waals surface area contributed by atoms with Crippen LogP contribution < -0.4 is 5.32 Å². The summed E-state index contributed by atoms with van der Waals surface area (Å²) in [4.78, 5) is 29.5. The molecule has 0 aliphatic heterocycles. The van der Waals surface area contributed by atoms with Gasteiger partial charge in [0.05, 0.1) is 18.3 Å². The van der Waals surface area contributed by atoms with Crippen molar-refractivity contribution >= 4 is 22.7 Å².